The Kier molecular flexibility index (Phi) is 9.52. The van der Waals surface area contributed by atoms with E-state index in [1.54, 1.807) is 0 Å². The van der Waals surface area contributed by atoms with E-state index in [0.717, 1.165) is 65.5 Å². The number of amides is 1. The highest BCUT2D eigenvalue weighted by Gasteiger charge is 2.30. The molecule has 1 amide bonds. The van der Waals surface area contributed by atoms with Crippen LogP contribution in [-0.2, 0) is 22.6 Å². The topological polar surface area (TPSA) is 153 Å². The molecule has 0 bridgehead atoms. The Balaban J connectivity index is 1.17. The van der Waals surface area contributed by atoms with Crippen molar-refractivity contribution in [2.45, 2.75) is 45.1 Å². The summed E-state index contributed by atoms with van der Waals surface area (Å²) in [4.78, 5) is 35.9. The van der Waals surface area contributed by atoms with Gasteiger partial charge in [0, 0.05) is 42.6 Å². The fraction of sp³-hybridized carbons (Fsp3) is 0.371. The Morgan fingerprint density at radius 3 is 2.33 bits per heavy atom. The van der Waals surface area contributed by atoms with E-state index in [1.165, 1.54) is 0 Å². The first-order valence-corrected chi connectivity index (χ1v) is 15.8. The summed E-state index contributed by atoms with van der Waals surface area (Å²) < 4.78 is 2.06. The number of azo groups is 1. The van der Waals surface area contributed by atoms with Gasteiger partial charge in [-0.3, -0.25) is 9.59 Å². The largest absolute Gasteiger partial charge is 0.330 e. The zero-order valence-corrected chi connectivity index (χ0v) is 25.4. The van der Waals surface area contributed by atoms with E-state index in [4.69, 9.17) is 11.5 Å². The molecule has 0 radical (unpaired) electrons. The monoisotopic (exact) mass is 604 g/mol. The van der Waals surface area contributed by atoms with E-state index in [9.17, 15) is 9.59 Å². The molecule has 10 nitrogen and oxygen atoms in total. The van der Waals surface area contributed by atoms with Crippen molar-refractivity contribution in [3.05, 3.63) is 84.2 Å². The summed E-state index contributed by atoms with van der Waals surface area (Å²) in [7, 11) is 0. The number of fused-ring (bicyclic) bond motifs is 1. The molecule has 232 valence electrons. The van der Waals surface area contributed by atoms with Crippen LogP contribution in [0.5, 0.6) is 0 Å². The van der Waals surface area contributed by atoms with Crippen molar-refractivity contribution in [1.82, 2.24) is 9.55 Å². The van der Waals surface area contributed by atoms with Gasteiger partial charge in [0.1, 0.15) is 5.78 Å². The van der Waals surface area contributed by atoms with Gasteiger partial charge in [0.05, 0.1) is 17.4 Å². The fourth-order valence-electron chi connectivity index (χ4n) is 6.39. The quantitative estimate of drug-likeness (QED) is 0.199. The van der Waals surface area contributed by atoms with Crippen molar-refractivity contribution < 1.29 is 9.59 Å². The van der Waals surface area contributed by atoms with Crippen LogP contribution in [-0.4, -0.2) is 46.8 Å². The molecule has 1 aliphatic heterocycles. The van der Waals surface area contributed by atoms with Gasteiger partial charge in [0.15, 0.2) is 12.5 Å². The van der Waals surface area contributed by atoms with Gasteiger partial charge in [-0.25, -0.2) is 9.98 Å². The van der Waals surface area contributed by atoms with Gasteiger partial charge in [-0.15, -0.1) is 5.11 Å². The van der Waals surface area contributed by atoms with Crippen LogP contribution in [0.15, 0.2) is 88.3 Å². The summed E-state index contributed by atoms with van der Waals surface area (Å²) >= 11 is 0. The lowest BCUT2D eigenvalue weighted by Crippen LogP contribution is -2.31. The van der Waals surface area contributed by atoms with Crippen molar-refractivity contribution in [3.63, 3.8) is 0 Å². The van der Waals surface area contributed by atoms with Gasteiger partial charge >= 0.3 is 0 Å². The molecule has 1 saturated carbocycles. The number of Topliss-reactive ketones (excluding diaryl/α,β-unsaturated/α-hetero) is 1. The number of hydrogen-bond donors (Lipinski definition) is 3. The van der Waals surface area contributed by atoms with Crippen molar-refractivity contribution in [1.29, 1.82) is 0 Å². The Bertz CT molecular complexity index is 1700. The lowest BCUT2D eigenvalue weighted by Gasteiger charge is -2.27. The van der Waals surface area contributed by atoms with Crippen LogP contribution in [0, 0.1) is 17.8 Å². The molecule has 1 aromatic heterocycles. The minimum Gasteiger partial charge on any atom is -0.330 e. The molecule has 45 heavy (non-hydrogen) atoms. The van der Waals surface area contributed by atoms with Crippen molar-refractivity contribution >= 4 is 34.2 Å². The number of ketones is 1. The van der Waals surface area contributed by atoms with E-state index >= 15 is 0 Å². The summed E-state index contributed by atoms with van der Waals surface area (Å²) in [6.45, 7) is 2.30. The minimum absolute atomic E-state index is 0.00523. The highest BCUT2D eigenvalue weighted by molar-refractivity contribution is 6.01. The molecule has 1 atom stereocenters. The summed E-state index contributed by atoms with van der Waals surface area (Å²) in [6.07, 6.45) is 6.15. The van der Waals surface area contributed by atoms with Crippen molar-refractivity contribution in [2.75, 3.05) is 25.1 Å². The molecular weight excluding hydrogens is 564 g/mol. The smallest absolute Gasteiger partial charge is 0.228 e. The number of nitrogens with one attached hydrogen (secondary N) is 1. The maximum atomic E-state index is 13.7. The standard InChI is InChI=1S/C35H40N8O2/c36-15-16-43-22-39-31-18-28(11-14-32(31)43)25-5-1-23(2-6-25)17-29(19-33(44)26-7-3-24(20-37)4-8-26)35(45)41-30-12-9-27(10-13-30)34-38-21-40-42-34/h1-2,5-6,9-14,18,22,24,26,29H,3-4,7-8,15-17,19-21,36-37H2,(H,41,45)/t24?,26?,29-/m1/s1. The molecule has 2 aliphatic rings. The van der Waals surface area contributed by atoms with Crippen LogP contribution in [0.3, 0.4) is 0 Å². The molecular formula is C35H40N8O2. The Morgan fingerprint density at radius 2 is 1.64 bits per heavy atom. The molecule has 6 rings (SSSR count). The number of carbonyl (C=O) groups excluding carboxylic acids is 2. The molecule has 0 saturated heterocycles. The number of imidazole rings is 1. The SMILES string of the molecule is NCCn1cnc2cc(-c3ccc(C[C@H](CC(=O)C4CCC(CN)CC4)C(=O)Nc4ccc(C5=NCN=N5)cc4)cc3)ccc21. The number of nitrogens with zero attached hydrogens (tertiary/aromatic N) is 5. The zero-order valence-electron chi connectivity index (χ0n) is 25.4. The second-order valence-corrected chi connectivity index (χ2v) is 12.1. The van der Waals surface area contributed by atoms with E-state index in [0.29, 0.717) is 43.6 Å². The van der Waals surface area contributed by atoms with Crippen LogP contribution in [0.25, 0.3) is 22.2 Å². The van der Waals surface area contributed by atoms with E-state index in [1.807, 2.05) is 30.6 Å². The average Bonchev–Trinajstić information content (AvgIpc) is 3.76. The number of rotatable bonds is 12. The molecule has 1 fully saturated rings. The first kappa shape index (κ1) is 30.5. The second kappa shape index (κ2) is 14.0. The number of aromatic nitrogens is 2. The highest BCUT2D eigenvalue weighted by atomic mass is 16.2. The molecule has 3 aromatic carbocycles. The molecule has 5 N–H and O–H groups in total. The number of anilines is 1. The average molecular weight is 605 g/mol. The summed E-state index contributed by atoms with van der Waals surface area (Å²) in [5, 5.41) is 11.0. The minimum atomic E-state index is -0.494. The number of aliphatic imine (C=N–C) groups is 1. The zero-order chi connectivity index (χ0) is 31.2. The van der Waals surface area contributed by atoms with Crippen LogP contribution < -0.4 is 16.8 Å². The Labute approximate surface area is 263 Å². The predicted molar refractivity (Wildman–Crippen MR) is 177 cm³/mol. The highest BCUT2D eigenvalue weighted by Crippen LogP contribution is 2.31. The van der Waals surface area contributed by atoms with Crippen LogP contribution >= 0.6 is 0 Å². The summed E-state index contributed by atoms with van der Waals surface area (Å²) in [5.74, 6) is 0.594. The number of nitrogens with two attached hydrogens (primary N) is 2. The first-order chi connectivity index (χ1) is 22.0. The van der Waals surface area contributed by atoms with Crippen molar-refractivity contribution in [2.24, 2.45) is 44.4 Å². The van der Waals surface area contributed by atoms with Crippen LogP contribution in [0.2, 0.25) is 0 Å². The maximum Gasteiger partial charge on any atom is 0.228 e. The number of benzene rings is 3. The summed E-state index contributed by atoms with van der Waals surface area (Å²) in [6, 6.07) is 21.9. The first-order valence-electron chi connectivity index (χ1n) is 15.8. The van der Waals surface area contributed by atoms with E-state index in [-0.39, 0.29) is 24.0 Å². The lowest BCUT2D eigenvalue weighted by molar-refractivity contribution is -0.129. The maximum absolute atomic E-state index is 13.7. The van der Waals surface area contributed by atoms with E-state index in [2.05, 4.69) is 72.6 Å². The molecule has 1 aliphatic carbocycles. The van der Waals surface area contributed by atoms with Crippen LogP contribution in [0.4, 0.5) is 5.69 Å². The number of carbonyl (C=O) groups is 2. The molecule has 0 spiro atoms. The number of hydrogen-bond acceptors (Lipinski definition) is 8. The third-order valence-electron chi connectivity index (χ3n) is 9.07. The molecule has 2 heterocycles. The van der Waals surface area contributed by atoms with Crippen LogP contribution in [0.1, 0.15) is 43.2 Å². The number of amidine groups is 1. The van der Waals surface area contributed by atoms with Gasteiger partial charge in [-0.1, -0.05) is 30.3 Å². The fourth-order valence-corrected chi connectivity index (χ4v) is 6.39. The Morgan fingerprint density at radius 1 is 0.911 bits per heavy atom. The third-order valence-corrected chi connectivity index (χ3v) is 9.07. The van der Waals surface area contributed by atoms with E-state index < -0.39 is 5.92 Å². The van der Waals surface area contributed by atoms with Gasteiger partial charge in [0.2, 0.25) is 5.91 Å². The summed E-state index contributed by atoms with van der Waals surface area (Å²) in [5.41, 5.74) is 18.2. The normalized spacial score (nSPS) is 18.6. The lowest BCUT2D eigenvalue weighted by atomic mass is 9.77. The predicted octanol–water partition coefficient (Wildman–Crippen LogP) is 5.35. The second-order valence-electron chi connectivity index (χ2n) is 12.1. The molecule has 10 heteroatoms. The Hall–Kier alpha value is -4.54. The van der Waals surface area contributed by atoms with Gasteiger partial charge in [-0.05, 0) is 97.7 Å². The van der Waals surface area contributed by atoms with Gasteiger partial charge in [0.25, 0.3) is 0 Å². The van der Waals surface area contributed by atoms with Gasteiger partial charge < -0.3 is 21.4 Å². The molecule has 0 unspecified atom stereocenters. The van der Waals surface area contributed by atoms with Crippen molar-refractivity contribution in [3.8, 4) is 11.1 Å². The molecule has 4 aromatic rings. The van der Waals surface area contributed by atoms with Gasteiger partial charge in [-0.2, -0.15) is 5.11 Å². The third kappa shape index (κ3) is 7.24.